The predicted molar refractivity (Wildman–Crippen MR) is 204 cm³/mol. The number of ketones is 1. The number of piperazine rings is 1. The number of aromatic nitrogens is 2. The van der Waals surface area contributed by atoms with Gasteiger partial charge in [-0.1, -0.05) is 43.2 Å². The first kappa shape index (κ1) is 36.5. The first-order valence-electron chi connectivity index (χ1n) is 20.1. The molecule has 1 saturated heterocycles. The number of fused-ring (bicyclic) bond motifs is 5. The number of allylic oxidation sites excluding steroid dienone is 4. The van der Waals surface area contributed by atoms with E-state index in [1.54, 1.807) is 34.7 Å². The molecule has 4 atom stereocenters. The summed E-state index contributed by atoms with van der Waals surface area (Å²) in [5, 5.41) is 8.00. The molecular weight excluding hydrogens is 684 g/mol. The molecule has 9 nitrogen and oxygen atoms in total. The van der Waals surface area contributed by atoms with Crippen molar-refractivity contribution in [3.63, 3.8) is 0 Å². The fourth-order valence-electron chi connectivity index (χ4n) is 10.4. The molecule has 1 aliphatic heterocycles. The summed E-state index contributed by atoms with van der Waals surface area (Å²) >= 11 is 0. The average molecular weight is 735 g/mol. The number of aromatic amines is 1. The maximum atomic E-state index is 15.0. The van der Waals surface area contributed by atoms with Crippen molar-refractivity contribution in [3.05, 3.63) is 98.3 Å². The van der Waals surface area contributed by atoms with Crippen LogP contribution in [-0.4, -0.2) is 76.5 Å². The van der Waals surface area contributed by atoms with Gasteiger partial charge >= 0.3 is 0 Å². The van der Waals surface area contributed by atoms with Gasteiger partial charge in [0.25, 0.3) is 11.5 Å². The Morgan fingerprint density at radius 2 is 1.72 bits per heavy atom. The second-order valence-corrected chi connectivity index (χ2v) is 16.4. The fraction of sp³-hybridized carbons (Fsp3) is 0.523. The van der Waals surface area contributed by atoms with Crippen molar-refractivity contribution in [3.8, 4) is 0 Å². The first-order valence-corrected chi connectivity index (χ1v) is 20.1. The summed E-state index contributed by atoms with van der Waals surface area (Å²) in [7, 11) is 0. The average Bonchev–Trinajstić information content (AvgIpc) is 3.53. The molecule has 284 valence electrons. The highest BCUT2D eigenvalue weighted by atomic mass is 19.1. The molecule has 4 aliphatic carbocycles. The normalized spacial score (nSPS) is 25.3. The molecule has 54 heavy (non-hydrogen) atoms. The molecular formula is C44H51FN4O5. The largest absolute Gasteiger partial charge is 0.378 e. The summed E-state index contributed by atoms with van der Waals surface area (Å²) in [4.78, 5) is 54.2. The van der Waals surface area contributed by atoms with E-state index in [0.717, 1.165) is 56.9 Å². The number of hydrogen-bond acceptors (Lipinski definition) is 6. The molecule has 10 heteroatoms. The number of halogens is 1. The van der Waals surface area contributed by atoms with Gasteiger partial charge in [-0.2, -0.15) is 5.10 Å². The van der Waals surface area contributed by atoms with Crippen molar-refractivity contribution in [2.75, 3.05) is 32.8 Å². The minimum absolute atomic E-state index is 0.000828. The van der Waals surface area contributed by atoms with Crippen LogP contribution < -0.4 is 5.56 Å². The highest BCUT2D eigenvalue weighted by molar-refractivity contribution is 5.95. The number of H-pyrrole nitrogens is 1. The van der Waals surface area contributed by atoms with E-state index in [-0.39, 0.29) is 28.4 Å². The van der Waals surface area contributed by atoms with Gasteiger partial charge in [-0.15, -0.1) is 0 Å². The van der Waals surface area contributed by atoms with Crippen molar-refractivity contribution in [1.29, 1.82) is 0 Å². The molecule has 0 spiro atoms. The third kappa shape index (κ3) is 7.09. The predicted octanol–water partition coefficient (Wildman–Crippen LogP) is 7.09. The van der Waals surface area contributed by atoms with Gasteiger partial charge in [0.2, 0.25) is 5.91 Å². The molecule has 3 aromatic rings. The standard InChI is InChI=1S/C44H51FN4O5/c1-44-19-18-32-31-14-12-30(50)27-29(31)11-13-33(32)37(44)15-17-40(44)54-24-6-2-3-9-41(51)48-20-22-49(23-21-48)43(53)36-25-28(10-16-38(36)45)26-39-34-7-4-5-8-35(34)42(52)47-46-39/h4-5,7-8,10,16,25,27,33,37,40H,2-3,6,9,11-15,17-24,26H2,1H3,(H,47,52)/t33-,37+,40+,44+/m1/s1. The van der Waals surface area contributed by atoms with E-state index in [4.69, 9.17) is 4.74 Å². The van der Waals surface area contributed by atoms with Crippen molar-refractivity contribution in [1.82, 2.24) is 20.0 Å². The molecule has 2 amide bonds. The second-order valence-electron chi connectivity index (χ2n) is 16.4. The lowest BCUT2D eigenvalue weighted by Gasteiger charge is -2.49. The molecule has 5 aliphatic rings. The molecule has 8 rings (SSSR count). The highest BCUT2D eigenvalue weighted by Crippen LogP contribution is 2.60. The second kappa shape index (κ2) is 15.4. The van der Waals surface area contributed by atoms with Crippen LogP contribution in [0.4, 0.5) is 4.39 Å². The van der Waals surface area contributed by atoms with E-state index < -0.39 is 5.82 Å². The lowest BCUT2D eigenvalue weighted by molar-refractivity contribution is -0.132. The Morgan fingerprint density at radius 3 is 2.56 bits per heavy atom. The molecule has 1 aromatic heterocycles. The van der Waals surface area contributed by atoms with Crippen molar-refractivity contribution < 1.29 is 23.5 Å². The molecule has 3 fully saturated rings. The van der Waals surface area contributed by atoms with Gasteiger partial charge < -0.3 is 14.5 Å². The SMILES string of the molecule is C[C@]12CCC3=C4CCC(=O)C=C4CC[C@H]3[C@@H]1CC[C@@H]2OCCCCCC(=O)N1CCN(C(=O)c2cc(Cc3n[nH]c(=O)c4ccccc34)ccc2F)CC1. The zero-order chi connectivity index (χ0) is 37.4. The van der Waals surface area contributed by atoms with Crippen LogP contribution in [0.5, 0.6) is 0 Å². The van der Waals surface area contributed by atoms with Crippen molar-refractivity contribution >= 4 is 28.4 Å². The van der Waals surface area contributed by atoms with Crippen molar-refractivity contribution in [2.24, 2.45) is 17.3 Å². The first-order chi connectivity index (χ1) is 26.2. The van der Waals surface area contributed by atoms with Gasteiger partial charge in [0, 0.05) is 57.4 Å². The Morgan fingerprint density at radius 1 is 0.926 bits per heavy atom. The lowest BCUT2D eigenvalue weighted by Crippen LogP contribution is -2.50. The molecule has 0 unspecified atom stereocenters. The summed E-state index contributed by atoms with van der Waals surface area (Å²) in [6.45, 7) is 4.75. The molecule has 0 bridgehead atoms. The van der Waals surface area contributed by atoms with E-state index in [0.29, 0.717) is 85.8 Å². The smallest absolute Gasteiger partial charge is 0.272 e. The number of carbonyl (C=O) groups excluding carboxylic acids is 3. The molecule has 2 saturated carbocycles. The Labute approximate surface area is 316 Å². The van der Waals surface area contributed by atoms with Crippen LogP contribution in [-0.2, 0) is 20.7 Å². The number of hydrogen-bond donors (Lipinski definition) is 1. The number of carbonyl (C=O) groups is 3. The molecule has 2 heterocycles. The van der Waals surface area contributed by atoms with Crippen LogP contribution in [0.1, 0.15) is 106 Å². The third-order valence-corrected chi connectivity index (χ3v) is 13.3. The summed E-state index contributed by atoms with van der Waals surface area (Å²) < 4.78 is 21.5. The number of benzene rings is 2. The maximum Gasteiger partial charge on any atom is 0.272 e. The number of nitrogens with one attached hydrogen (secondary N) is 1. The van der Waals surface area contributed by atoms with Crippen LogP contribution in [0, 0.1) is 23.1 Å². The number of nitrogens with zero attached hydrogens (tertiary/aromatic N) is 3. The minimum Gasteiger partial charge on any atom is -0.378 e. The van der Waals surface area contributed by atoms with Gasteiger partial charge in [0.15, 0.2) is 5.78 Å². The zero-order valence-electron chi connectivity index (χ0n) is 31.3. The maximum absolute atomic E-state index is 15.0. The lowest BCUT2D eigenvalue weighted by atomic mass is 9.57. The minimum atomic E-state index is -0.586. The fourth-order valence-corrected chi connectivity index (χ4v) is 10.4. The van der Waals surface area contributed by atoms with E-state index in [1.807, 2.05) is 23.1 Å². The van der Waals surface area contributed by atoms with Gasteiger partial charge in [0.1, 0.15) is 5.82 Å². The third-order valence-electron chi connectivity index (χ3n) is 13.3. The number of ether oxygens (including phenoxy) is 1. The summed E-state index contributed by atoms with van der Waals surface area (Å²) in [6, 6.07) is 11.7. The number of rotatable bonds is 10. The van der Waals surface area contributed by atoms with Crippen LogP contribution in [0.3, 0.4) is 0 Å². The van der Waals surface area contributed by atoms with E-state index in [1.165, 1.54) is 36.5 Å². The van der Waals surface area contributed by atoms with Crippen LogP contribution in [0.15, 0.2) is 70.1 Å². The summed E-state index contributed by atoms with van der Waals surface area (Å²) in [5.41, 5.74) is 5.80. The zero-order valence-corrected chi connectivity index (χ0v) is 31.3. The van der Waals surface area contributed by atoms with Gasteiger partial charge in [-0.3, -0.25) is 19.2 Å². The monoisotopic (exact) mass is 734 g/mol. The van der Waals surface area contributed by atoms with Crippen LogP contribution >= 0.6 is 0 Å². The molecule has 1 N–H and O–H groups in total. The van der Waals surface area contributed by atoms with Gasteiger partial charge in [-0.05, 0) is 116 Å². The van der Waals surface area contributed by atoms with Crippen LogP contribution in [0.2, 0.25) is 0 Å². The number of amides is 2. The van der Waals surface area contributed by atoms with Crippen molar-refractivity contribution in [2.45, 2.75) is 96.5 Å². The topological polar surface area (TPSA) is 113 Å². The quantitative estimate of drug-likeness (QED) is 0.223. The van der Waals surface area contributed by atoms with E-state index in [9.17, 15) is 23.6 Å². The van der Waals surface area contributed by atoms with Crippen LogP contribution in [0.25, 0.3) is 10.8 Å². The number of unbranched alkanes of at least 4 members (excludes halogenated alkanes) is 2. The Kier molecular flexibility index (Phi) is 10.4. The van der Waals surface area contributed by atoms with E-state index >= 15 is 0 Å². The summed E-state index contributed by atoms with van der Waals surface area (Å²) in [5.74, 6) is 0.740. The van der Waals surface area contributed by atoms with Gasteiger partial charge in [0.05, 0.1) is 22.7 Å². The Balaban J connectivity index is 0.767. The van der Waals surface area contributed by atoms with E-state index in [2.05, 4.69) is 17.1 Å². The molecule has 0 radical (unpaired) electrons. The Hall–Kier alpha value is -4.44. The Bertz CT molecular complexity index is 2080. The summed E-state index contributed by atoms with van der Waals surface area (Å²) in [6.07, 6.45) is 14.2. The van der Waals surface area contributed by atoms with Gasteiger partial charge in [-0.25, -0.2) is 9.49 Å². The highest BCUT2D eigenvalue weighted by Gasteiger charge is 2.54. The molecule has 2 aromatic carbocycles.